The molecule has 10 heteroatoms. The van der Waals surface area contributed by atoms with Crippen LogP contribution in [0.15, 0.2) is 59.0 Å². The van der Waals surface area contributed by atoms with Crippen molar-refractivity contribution >= 4 is 40.7 Å². The molecule has 0 unspecified atom stereocenters. The lowest BCUT2D eigenvalue weighted by molar-refractivity contribution is 0.396. The van der Waals surface area contributed by atoms with E-state index in [1.165, 1.54) is 30.3 Å². The molecule has 1 aromatic carbocycles. The zero-order valence-electron chi connectivity index (χ0n) is 17.1. The first-order valence-corrected chi connectivity index (χ1v) is 11.2. The molecule has 160 valence electrons. The standard InChI is InChI=1S/C21H23N7OS2/c1-29-17-13-18(31-21-22-9-4-10-23-21)26-19(25-17)27-20(30)24-14-15-5-7-16(8-6-15)28-11-2-3-12-28/h4-10,13H,2-3,11-12,14H2,1H3,(H2,24,25,26,27,30). The third-order valence-corrected chi connectivity index (χ3v) is 5.77. The Bertz CT molecular complexity index is 1010. The Morgan fingerprint density at radius 2 is 1.87 bits per heavy atom. The molecule has 2 aromatic heterocycles. The molecule has 1 fully saturated rings. The van der Waals surface area contributed by atoms with Gasteiger partial charge in [0.15, 0.2) is 10.3 Å². The van der Waals surface area contributed by atoms with Crippen molar-refractivity contribution in [2.75, 3.05) is 30.4 Å². The van der Waals surface area contributed by atoms with Crippen LogP contribution in [0.1, 0.15) is 18.4 Å². The molecule has 0 radical (unpaired) electrons. The lowest BCUT2D eigenvalue weighted by Crippen LogP contribution is -2.28. The number of ether oxygens (including phenoxy) is 1. The first-order chi connectivity index (χ1) is 15.2. The highest BCUT2D eigenvalue weighted by Crippen LogP contribution is 2.26. The number of hydrogen-bond donors (Lipinski definition) is 2. The summed E-state index contributed by atoms with van der Waals surface area (Å²) < 4.78 is 5.28. The molecule has 4 rings (SSSR count). The van der Waals surface area contributed by atoms with Gasteiger partial charge in [-0.1, -0.05) is 12.1 Å². The summed E-state index contributed by atoms with van der Waals surface area (Å²) in [6.45, 7) is 2.89. The second kappa shape index (κ2) is 10.4. The van der Waals surface area contributed by atoms with Gasteiger partial charge in [-0.05, 0) is 60.6 Å². The van der Waals surface area contributed by atoms with E-state index in [4.69, 9.17) is 17.0 Å². The van der Waals surface area contributed by atoms with Gasteiger partial charge in [-0.3, -0.25) is 0 Å². The average molecular weight is 454 g/mol. The summed E-state index contributed by atoms with van der Waals surface area (Å²) in [4.78, 5) is 19.6. The zero-order chi connectivity index (χ0) is 21.5. The third kappa shape index (κ3) is 6.02. The SMILES string of the molecule is COc1cc(Sc2ncccn2)nc(NC(=S)NCc2ccc(N3CCCC3)cc2)n1. The molecule has 0 spiro atoms. The van der Waals surface area contributed by atoms with Gasteiger partial charge >= 0.3 is 0 Å². The van der Waals surface area contributed by atoms with Crippen LogP contribution in [0, 0.1) is 0 Å². The van der Waals surface area contributed by atoms with Crippen molar-refractivity contribution in [3.63, 3.8) is 0 Å². The normalized spacial score (nSPS) is 13.1. The first kappa shape index (κ1) is 21.3. The van der Waals surface area contributed by atoms with Crippen molar-refractivity contribution in [3.8, 4) is 5.88 Å². The van der Waals surface area contributed by atoms with Crippen molar-refractivity contribution in [3.05, 3.63) is 54.4 Å². The summed E-state index contributed by atoms with van der Waals surface area (Å²) in [5.74, 6) is 0.774. The van der Waals surface area contributed by atoms with Gasteiger partial charge in [0.1, 0.15) is 5.03 Å². The Kier molecular flexibility index (Phi) is 7.11. The number of anilines is 2. The summed E-state index contributed by atoms with van der Waals surface area (Å²) in [6.07, 6.45) is 5.91. The minimum atomic E-state index is 0.347. The van der Waals surface area contributed by atoms with Gasteiger partial charge in [-0.15, -0.1) is 0 Å². The van der Waals surface area contributed by atoms with Crippen LogP contribution >= 0.6 is 24.0 Å². The Balaban J connectivity index is 1.34. The molecule has 0 bridgehead atoms. The fraction of sp³-hybridized carbons (Fsp3) is 0.286. The summed E-state index contributed by atoms with van der Waals surface area (Å²) in [6, 6.07) is 12.1. The molecule has 0 atom stereocenters. The van der Waals surface area contributed by atoms with Crippen molar-refractivity contribution in [1.82, 2.24) is 25.3 Å². The van der Waals surface area contributed by atoms with Gasteiger partial charge in [0, 0.05) is 43.8 Å². The predicted octanol–water partition coefficient (Wildman–Crippen LogP) is 3.51. The lowest BCUT2D eigenvalue weighted by Gasteiger charge is -2.18. The van der Waals surface area contributed by atoms with Crippen molar-refractivity contribution < 1.29 is 4.74 Å². The minimum Gasteiger partial charge on any atom is -0.481 e. The maximum Gasteiger partial charge on any atom is 0.233 e. The summed E-state index contributed by atoms with van der Waals surface area (Å²) in [5, 5.41) is 7.90. The largest absolute Gasteiger partial charge is 0.481 e. The number of benzene rings is 1. The number of nitrogens with zero attached hydrogens (tertiary/aromatic N) is 5. The van der Waals surface area contributed by atoms with E-state index in [-0.39, 0.29) is 0 Å². The smallest absolute Gasteiger partial charge is 0.233 e. The summed E-state index contributed by atoms with van der Waals surface area (Å²) in [7, 11) is 1.56. The van der Waals surface area contributed by atoms with E-state index in [1.807, 2.05) is 0 Å². The van der Waals surface area contributed by atoms with E-state index in [0.717, 1.165) is 18.7 Å². The van der Waals surface area contributed by atoms with Gasteiger partial charge in [0.25, 0.3) is 0 Å². The van der Waals surface area contributed by atoms with Crippen LogP contribution in [-0.2, 0) is 6.54 Å². The van der Waals surface area contributed by atoms with Gasteiger partial charge in [-0.2, -0.15) is 4.98 Å². The van der Waals surface area contributed by atoms with E-state index < -0.39 is 0 Å². The Morgan fingerprint density at radius 3 is 2.58 bits per heavy atom. The molecule has 3 aromatic rings. The highest BCUT2D eigenvalue weighted by molar-refractivity contribution is 7.99. The number of nitrogens with one attached hydrogen (secondary N) is 2. The third-order valence-electron chi connectivity index (χ3n) is 4.71. The first-order valence-electron chi connectivity index (χ1n) is 9.96. The van der Waals surface area contributed by atoms with Crippen molar-refractivity contribution in [1.29, 1.82) is 0 Å². The highest BCUT2D eigenvalue weighted by atomic mass is 32.2. The maximum absolute atomic E-state index is 5.42. The summed E-state index contributed by atoms with van der Waals surface area (Å²) >= 11 is 6.74. The zero-order valence-corrected chi connectivity index (χ0v) is 18.7. The average Bonchev–Trinajstić information content (AvgIpc) is 3.33. The van der Waals surface area contributed by atoms with E-state index in [0.29, 0.717) is 33.7 Å². The van der Waals surface area contributed by atoms with E-state index in [9.17, 15) is 0 Å². The molecule has 1 saturated heterocycles. The quantitative estimate of drug-likeness (QED) is 0.315. The molecule has 31 heavy (non-hydrogen) atoms. The number of aromatic nitrogens is 4. The minimum absolute atomic E-state index is 0.347. The monoisotopic (exact) mass is 453 g/mol. The lowest BCUT2D eigenvalue weighted by atomic mass is 10.2. The molecule has 3 heterocycles. The molecular formula is C21H23N7OS2. The number of thiocarbonyl (C=S) groups is 1. The van der Waals surface area contributed by atoms with Crippen LogP contribution in [0.25, 0.3) is 0 Å². The second-order valence-electron chi connectivity index (χ2n) is 6.87. The van der Waals surface area contributed by atoms with E-state index >= 15 is 0 Å². The van der Waals surface area contributed by atoms with Gasteiger partial charge in [0.05, 0.1) is 7.11 Å². The molecule has 2 N–H and O–H groups in total. The van der Waals surface area contributed by atoms with Crippen LogP contribution < -0.4 is 20.3 Å². The molecule has 8 nitrogen and oxygen atoms in total. The number of rotatable bonds is 7. The van der Waals surface area contributed by atoms with Crippen LogP contribution in [0.5, 0.6) is 5.88 Å². The highest BCUT2D eigenvalue weighted by Gasteiger charge is 2.12. The predicted molar refractivity (Wildman–Crippen MR) is 126 cm³/mol. The summed E-state index contributed by atoms with van der Waals surface area (Å²) in [5.41, 5.74) is 2.43. The van der Waals surface area contributed by atoms with Gasteiger partial charge in [-0.25, -0.2) is 15.0 Å². The topological polar surface area (TPSA) is 88.1 Å². The molecule has 0 amide bonds. The number of hydrogen-bond acceptors (Lipinski definition) is 8. The van der Waals surface area contributed by atoms with Crippen LogP contribution in [0.3, 0.4) is 0 Å². The molecule has 1 aliphatic heterocycles. The molecule has 1 aliphatic rings. The fourth-order valence-corrected chi connectivity index (χ4v) is 4.05. The van der Waals surface area contributed by atoms with Crippen LogP contribution in [0.4, 0.5) is 11.6 Å². The second-order valence-corrected chi connectivity index (χ2v) is 8.27. The van der Waals surface area contributed by atoms with E-state index in [2.05, 4.69) is 59.7 Å². The van der Waals surface area contributed by atoms with E-state index in [1.54, 1.807) is 31.6 Å². The van der Waals surface area contributed by atoms with Gasteiger partial charge in [0.2, 0.25) is 11.8 Å². The number of methoxy groups -OCH3 is 1. The molecule has 0 aliphatic carbocycles. The Hall–Kier alpha value is -2.98. The fourth-order valence-electron chi connectivity index (χ4n) is 3.18. The van der Waals surface area contributed by atoms with Crippen LogP contribution in [-0.4, -0.2) is 45.2 Å². The van der Waals surface area contributed by atoms with Gasteiger partial charge < -0.3 is 20.3 Å². The van der Waals surface area contributed by atoms with Crippen molar-refractivity contribution in [2.24, 2.45) is 0 Å². The Labute approximate surface area is 190 Å². The molecular weight excluding hydrogens is 430 g/mol. The Morgan fingerprint density at radius 1 is 1.13 bits per heavy atom. The maximum atomic E-state index is 5.42. The van der Waals surface area contributed by atoms with Crippen LogP contribution in [0.2, 0.25) is 0 Å². The van der Waals surface area contributed by atoms with Crippen molar-refractivity contribution in [2.45, 2.75) is 29.6 Å². The molecule has 0 saturated carbocycles.